The van der Waals surface area contributed by atoms with E-state index in [-0.39, 0.29) is 0 Å². The summed E-state index contributed by atoms with van der Waals surface area (Å²) >= 11 is 0. The summed E-state index contributed by atoms with van der Waals surface area (Å²) in [5.74, 6) is 1.44. The molecule has 1 saturated heterocycles. The highest BCUT2D eigenvalue weighted by Gasteiger charge is 2.26. The lowest BCUT2D eigenvalue weighted by Gasteiger charge is -2.33. The lowest BCUT2D eigenvalue weighted by Crippen LogP contribution is -2.33. The molecule has 1 aromatic heterocycles. The Kier molecular flexibility index (Phi) is 5.51. The van der Waals surface area contributed by atoms with Gasteiger partial charge in [0.25, 0.3) is 0 Å². The number of fused-ring (bicyclic) bond motifs is 2. The Balaban J connectivity index is 1.45. The van der Waals surface area contributed by atoms with Crippen LogP contribution in [0.25, 0.3) is 10.8 Å². The number of likely N-dealkylation sites (N-methyl/N-ethyl adjacent to an activating group) is 1. The zero-order chi connectivity index (χ0) is 22.2. The fourth-order valence-electron chi connectivity index (χ4n) is 5.08. The Morgan fingerprint density at radius 2 is 2.03 bits per heavy atom. The van der Waals surface area contributed by atoms with E-state index in [1.807, 2.05) is 0 Å². The number of aromatic nitrogens is 2. The largest absolute Gasteiger partial charge is 0.496 e. The van der Waals surface area contributed by atoms with E-state index in [1.54, 1.807) is 7.11 Å². The van der Waals surface area contributed by atoms with Crippen molar-refractivity contribution in [3.05, 3.63) is 47.2 Å². The van der Waals surface area contributed by atoms with Crippen LogP contribution in [0.3, 0.4) is 0 Å². The van der Waals surface area contributed by atoms with Crippen molar-refractivity contribution in [1.82, 2.24) is 14.9 Å². The van der Waals surface area contributed by atoms with Gasteiger partial charge in [-0.15, -0.1) is 0 Å². The molecular weight excluding hydrogens is 402 g/mol. The van der Waals surface area contributed by atoms with Crippen LogP contribution in [0.4, 0.5) is 11.5 Å². The minimum absolute atomic E-state index is 0.385. The van der Waals surface area contributed by atoms with Crippen molar-refractivity contribution in [1.29, 1.82) is 0 Å². The number of hydrogen-bond acceptors (Lipinski definition) is 7. The minimum Gasteiger partial charge on any atom is -0.496 e. The molecule has 3 heterocycles. The standard InChI is InChI=1S/C25H31N5O2/c1-16-22(31-3)13-17-7-4-5-9-19(17)23(16)30-12-10-20-21(14-30)27-25(28-24(20)26)32-15-18-8-6-11-29(18)2/h4-5,7,9,13,18H,6,8,10-12,14-15H2,1-3H3,(H2,26,27,28)/t18-/m0/s1. The highest BCUT2D eigenvalue weighted by molar-refractivity contribution is 5.97. The molecule has 7 heteroatoms. The van der Waals surface area contributed by atoms with Gasteiger partial charge in [-0.25, -0.2) is 0 Å². The van der Waals surface area contributed by atoms with E-state index in [2.05, 4.69) is 59.1 Å². The van der Waals surface area contributed by atoms with Gasteiger partial charge in [0.2, 0.25) is 0 Å². The lowest BCUT2D eigenvalue weighted by atomic mass is 9.99. The Morgan fingerprint density at radius 3 is 2.81 bits per heavy atom. The van der Waals surface area contributed by atoms with E-state index in [0.717, 1.165) is 48.5 Å². The average molecular weight is 434 g/mol. The van der Waals surface area contributed by atoms with Gasteiger partial charge in [0, 0.05) is 29.1 Å². The molecule has 1 atom stereocenters. The summed E-state index contributed by atoms with van der Waals surface area (Å²) in [6.45, 7) is 5.35. The molecule has 1 fully saturated rings. The van der Waals surface area contributed by atoms with E-state index in [4.69, 9.17) is 20.2 Å². The fraction of sp³-hybridized carbons (Fsp3) is 0.440. The summed E-state index contributed by atoms with van der Waals surface area (Å²) in [4.78, 5) is 13.9. The van der Waals surface area contributed by atoms with Crippen LogP contribution in [0.1, 0.15) is 29.7 Å². The third-order valence-electron chi connectivity index (χ3n) is 6.92. The summed E-state index contributed by atoms with van der Waals surface area (Å²) in [7, 11) is 3.87. The summed E-state index contributed by atoms with van der Waals surface area (Å²) < 4.78 is 11.7. The first-order chi connectivity index (χ1) is 15.5. The van der Waals surface area contributed by atoms with Crippen molar-refractivity contribution in [2.45, 2.75) is 38.8 Å². The van der Waals surface area contributed by atoms with Gasteiger partial charge in [-0.05, 0) is 51.2 Å². The predicted octanol–water partition coefficient (Wildman–Crippen LogP) is 3.56. The summed E-state index contributed by atoms with van der Waals surface area (Å²) in [5.41, 5.74) is 10.6. The van der Waals surface area contributed by atoms with Crippen LogP contribution in [0.15, 0.2) is 30.3 Å². The zero-order valence-corrected chi connectivity index (χ0v) is 19.1. The Hall–Kier alpha value is -3.06. The molecule has 168 valence electrons. The van der Waals surface area contributed by atoms with Crippen molar-refractivity contribution in [3.8, 4) is 11.8 Å². The Labute approximate surface area is 189 Å². The number of anilines is 2. The van der Waals surface area contributed by atoms with Crippen LogP contribution in [0.5, 0.6) is 11.8 Å². The van der Waals surface area contributed by atoms with E-state index in [9.17, 15) is 0 Å². The summed E-state index contributed by atoms with van der Waals surface area (Å²) in [6.07, 6.45) is 3.16. The number of likely N-dealkylation sites (tertiary alicyclic amines) is 1. The Morgan fingerprint density at radius 1 is 1.19 bits per heavy atom. The van der Waals surface area contributed by atoms with Gasteiger partial charge in [-0.1, -0.05) is 24.3 Å². The molecule has 32 heavy (non-hydrogen) atoms. The first-order valence-electron chi connectivity index (χ1n) is 11.3. The second-order valence-electron chi connectivity index (χ2n) is 8.85. The molecule has 0 spiro atoms. The first kappa shape index (κ1) is 20.8. The maximum atomic E-state index is 6.32. The number of methoxy groups -OCH3 is 1. The molecule has 2 N–H and O–H groups in total. The first-order valence-corrected chi connectivity index (χ1v) is 11.3. The number of rotatable bonds is 5. The maximum absolute atomic E-state index is 6.32. The van der Waals surface area contributed by atoms with Crippen LogP contribution in [0, 0.1) is 6.92 Å². The van der Waals surface area contributed by atoms with Crippen molar-refractivity contribution >= 4 is 22.3 Å². The van der Waals surface area contributed by atoms with Crippen LogP contribution >= 0.6 is 0 Å². The van der Waals surface area contributed by atoms with E-state index >= 15 is 0 Å². The van der Waals surface area contributed by atoms with Crippen LogP contribution < -0.4 is 20.1 Å². The molecule has 2 aromatic carbocycles. The Bertz CT molecular complexity index is 1150. The van der Waals surface area contributed by atoms with Crippen molar-refractivity contribution < 1.29 is 9.47 Å². The third kappa shape index (κ3) is 3.71. The lowest BCUT2D eigenvalue weighted by molar-refractivity contribution is 0.187. The van der Waals surface area contributed by atoms with Gasteiger partial charge in [0.15, 0.2) is 0 Å². The molecule has 0 unspecified atom stereocenters. The number of ether oxygens (including phenoxy) is 2. The minimum atomic E-state index is 0.385. The normalized spacial score (nSPS) is 18.7. The highest BCUT2D eigenvalue weighted by Crippen LogP contribution is 2.39. The number of benzene rings is 2. The number of nitrogen functional groups attached to an aromatic ring is 1. The molecular formula is C25H31N5O2. The average Bonchev–Trinajstić information content (AvgIpc) is 3.21. The smallest absolute Gasteiger partial charge is 0.318 e. The number of hydrogen-bond donors (Lipinski definition) is 1. The van der Waals surface area contributed by atoms with Crippen molar-refractivity contribution in [2.24, 2.45) is 0 Å². The monoisotopic (exact) mass is 433 g/mol. The van der Waals surface area contributed by atoms with E-state index in [0.29, 0.717) is 31.0 Å². The SMILES string of the molecule is COc1cc2ccccc2c(N2CCc3c(N)nc(OC[C@@H]4CCCN4C)nc3C2)c1C. The molecule has 0 bridgehead atoms. The van der Waals surface area contributed by atoms with Gasteiger partial charge >= 0.3 is 6.01 Å². The van der Waals surface area contributed by atoms with Gasteiger partial charge in [0.05, 0.1) is 25.0 Å². The van der Waals surface area contributed by atoms with Crippen LogP contribution in [-0.2, 0) is 13.0 Å². The highest BCUT2D eigenvalue weighted by atomic mass is 16.5. The van der Waals surface area contributed by atoms with Crippen LogP contribution in [0.2, 0.25) is 0 Å². The molecule has 2 aliphatic rings. The molecule has 0 aliphatic carbocycles. The van der Waals surface area contributed by atoms with Gasteiger partial charge in [-0.3, -0.25) is 0 Å². The molecule has 7 nitrogen and oxygen atoms in total. The molecule has 0 radical (unpaired) electrons. The van der Waals surface area contributed by atoms with E-state index < -0.39 is 0 Å². The number of nitrogens with zero attached hydrogens (tertiary/aromatic N) is 4. The van der Waals surface area contributed by atoms with Gasteiger partial charge in [-0.2, -0.15) is 9.97 Å². The second kappa shape index (κ2) is 8.47. The molecule has 2 aliphatic heterocycles. The molecule has 5 rings (SSSR count). The maximum Gasteiger partial charge on any atom is 0.318 e. The zero-order valence-electron chi connectivity index (χ0n) is 19.1. The van der Waals surface area contributed by atoms with Crippen molar-refractivity contribution in [3.63, 3.8) is 0 Å². The summed E-state index contributed by atoms with van der Waals surface area (Å²) in [6, 6.07) is 11.4. The second-order valence-corrected chi connectivity index (χ2v) is 8.85. The molecule has 0 saturated carbocycles. The fourth-order valence-corrected chi connectivity index (χ4v) is 5.08. The topological polar surface area (TPSA) is 76.7 Å². The van der Waals surface area contributed by atoms with Gasteiger partial charge in [0.1, 0.15) is 18.2 Å². The van der Waals surface area contributed by atoms with Crippen molar-refractivity contribution in [2.75, 3.05) is 44.5 Å². The third-order valence-corrected chi connectivity index (χ3v) is 6.92. The molecule has 0 amide bonds. The van der Waals surface area contributed by atoms with Gasteiger partial charge < -0.3 is 25.0 Å². The number of nitrogens with two attached hydrogens (primary N) is 1. The molecule has 3 aromatic rings. The predicted molar refractivity (Wildman–Crippen MR) is 128 cm³/mol. The van der Waals surface area contributed by atoms with E-state index in [1.165, 1.54) is 22.9 Å². The quantitative estimate of drug-likeness (QED) is 0.659. The van der Waals surface area contributed by atoms with Crippen LogP contribution in [-0.4, -0.2) is 54.8 Å². The summed E-state index contributed by atoms with van der Waals surface area (Å²) in [5, 5.41) is 2.39.